The lowest BCUT2D eigenvalue weighted by molar-refractivity contribution is -0.143. The van der Waals surface area contributed by atoms with Crippen LogP contribution >= 0.6 is 11.3 Å². The molecule has 1 aliphatic heterocycles. The first-order valence-corrected chi connectivity index (χ1v) is 8.95. The molecular weight excluding hydrogens is 314 g/mol. The van der Waals surface area contributed by atoms with Crippen molar-refractivity contribution in [3.8, 4) is 10.7 Å². The largest absolute Gasteiger partial charge is 0.480 e. The van der Waals surface area contributed by atoms with Gasteiger partial charge in [0.25, 0.3) is 0 Å². The maximum Gasteiger partial charge on any atom is 0.320 e. The molecule has 0 radical (unpaired) electrons. The Morgan fingerprint density at radius 2 is 2.30 bits per heavy atom. The van der Waals surface area contributed by atoms with Crippen LogP contribution in [0.4, 0.5) is 0 Å². The number of hydrogen-bond acceptors (Lipinski definition) is 6. The SMILES string of the molecule is O=C(O)[C@@H]1C[C@@H]2CCCC[C@@H]2N1Cc1nc(-c2cccs2)no1. The van der Waals surface area contributed by atoms with Crippen LogP contribution in [0.25, 0.3) is 10.7 Å². The summed E-state index contributed by atoms with van der Waals surface area (Å²) in [5.74, 6) is 0.842. The van der Waals surface area contributed by atoms with Crippen LogP contribution in [-0.2, 0) is 11.3 Å². The number of thiophene rings is 1. The molecule has 0 amide bonds. The molecule has 0 bridgehead atoms. The van der Waals surface area contributed by atoms with Gasteiger partial charge in [0.15, 0.2) is 0 Å². The van der Waals surface area contributed by atoms with E-state index in [1.165, 1.54) is 12.8 Å². The highest BCUT2D eigenvalue weighted by atomic mass is 32.1. The van der Waals surface area contributed by atoms with E-state index in [-0.39, 0.29) is 0 Å². The van der Waals surface area contributed by atoms with Gasteiger partial charge in [-0.05, 0) is 36.6 Å². The molecule has 6 nitrogen and oxygen atoms in total. The molecule has 1 saturated carbocycles. The Balaban J connectivity index is 1.55. The van der Waals surface area contributed by atoms with Crippen molar-refractivity contribution in [1.29, 1.82) is 0 Å². The number of likely N-dealkylation sites (tertiary alicyclic amines) is 1. The third kappa shape index (κ3) is 2.79. The van der Waals surface area contributed by atoms with Gasteiger partial charge in [-0.25, -0.2) is 0 Å². The summed E-state index contributed by atoms with van der Waals surface area (Å²) in [6, 6.07) is 3.80. The highest BCUT2D eigenvalue weighted by Crippen LogP contribution is 2.40. The molecule has 23 heavy (non-hydrogen) atoms. The summed E-state index contributed by atoms with van der Waals surface area (Å²) < 4.78 is 5.37. The van der Waals surface area contributed by atoms with Crippen LogP contribution in [0, 0.1) is 5.92 Å². The van der Waals surface area contributed by atoms with E-state index in [1.54, 1.807) is 11.3 Å². The van der Waals surface area contributed by atoms with Crippen molar-refractivity contribution in [3.63, 3.8) is 0 Å². The maximum absolute atomic E-state index is 11.6. The summed E-state index contributed by atoms with van der Waals surface area (Å²) in [5, 5.41) is 15.6. The normalized spacial score (nSPS) is 27.9. The topological polar surface area (TPSA) is 79.5 Å². The summed E-state index contributed by atoms with van der Waals surface area (Å²) in [5.41, 5.74) is 0. The number of carboxylic acids is 1. The molecular formula is C16H19N3O3S. The molecule has 7 heteroatoms. The monoisotopic (exact) mass is 333 g/mol. The molecule has 1 N–H and O–H groups in total. The Hall–Kier alpha value is -1.73. The van der Waals surface area contributed by atoms with E-state index in [0.29, 0.717) is 30.2 Å². The van der Waals surface area contributed by atoms with Crippen molar-refractivity contribution in [2.45, 2.75) is 50.7 Å². The van der Waals surface area contributed by atoms with E-state index in [9.17, 15) is 9.90 Å². The molecule has 4 rings (SSSR count). The number of hydrogen-bond donors (Lipinski definition) is 1. The number of fused-ring (bicyclic) bond motifs is 1. The van der Waals surface area contributed by atoms with E-state index >= 15 is 0 Å². The highest BCUT2D eigenvalue weighted by Gasteiger charge is 2.45. The first kappa shape index (κ1) is 14.8. The van der Waals surface area contributed by atoms with Gasteiger partial charge in [-0.2, -0.15) is 4.98 Å². The molecule has 3 heterocycles. The Morgan fingerprint density at radius 3 is 3.09 bits per heavy atom. The van der Waals surface area contributed by atoms with Crippen molar-refractivity contribution in [2.24, 2.45) is 5.92 Å². The number of carbonyl (C=O) groups is 1. The van der Waals surface area contributed by atoms with Crippen LogP contribution in [0.3, 0.4) is 0 Å². The average Bonchev–Trinajstić information content (AvgIpc) is 3.26. The molecule has 2 aromatic rings. The first-order valence-electron chi connectivity index (χ1n) is 8.07. The summed E-state index contributed by atoms with van der Waals surface area (Å²) in [6.07, 6.45) is 5.33. The molecule has 1 saturated heterocycles. The van der Waals surface area contributed by atoms with Gasteiger partial charge >= 0.3 is 5.97 Å². The predicted octanol–water partition coefficient (Wildman–Crippen LogP) is 3.02. The van der Waals surface area contributed by atoms with E-state index in [4.69, 9.17) is 4.52 Å². The molecule has 2 aliphatic rings. The highest BCUT2D eigenvalue weighted by molar-refractivity contribution is 7.13. The zero-order valence-electron chi connectivity index (χ0n) is 12.7. The molecule has 2 aromatic heterocycles. The molecule has 0 spiro atoms. The molecule has 0 aromatic carbocycles. The second-order valence-corrected chi connectivity index (χ2v) is 7.31. The quantitative estimate of drug-likeness (QED) is 0.926. The fourth-order valence-corrected chi connectivity index (χ4v) is 4.65. The van der Waals surface area contributed by atoms with Crippen LogP contribution in [0.5, 0.6) is 0 Å². The second kappa shape index (κ2) is 6.05. The number of nitrogens with zero attached hydrogens (tertiary/aromatic N) is 3. The van der Waals surface area contributed by atoms with Gasteiger partial charge in [0.2, 0.25) is 11.7 Å². The number of rotatable bonds is 4. The van der Waals surface area contributed by atoms with E-state index in [2.05, 4.69) is 15.0 Å². The van der Waals surface area contributed by atoms with Crippen LogP contribution in [0.2, 0.25) is 0 Å². The van der Waals surface area contributed by atoms with Gasteiger partial charge in [0.05, 0.1) is 11.4 Å². The lowest BCUT2D eigenvalue weighted by Crippen LogP contribution is -2.41. The minimum atomic E-state index is -0.739. The van der Waals surface area contributed by atoms with Gasteiger partial charge in [0, 0.05) is 6.04 Å². The van der Waals surface area contributed by atoms with Crippen molar-refractivity contribution >= 4 is 17.3 Å². The minimum Gasteiger partial charge on any atom is -0.480 e. The number of aromatic nitrogens is 2. The fourth-order valence-electron chi connectivity index (χ4n) is 4.00. The lowest BCUT2D eigenvalue weighted by Gasteiger charge is -2.31. The number of carboxylic acid groups (broad SMARTS) is 1. The Labute approximate surface area is 138 Å². The Morgan fingerprint density at radius 1 is 1.43 bits per heavy atom. The van der Waals surface area contributed by atoms with Gasteiger partial charge in [-0.3, -0.25) is 9.69 Å². The molecule has 3 atom stereocenters. The third-order valence-corrected chi connectivity index (χ3v) is 5.90. The zero-order chi connectivity index (χ0) is 15.8. The van der Waals surface area contributed by atoms with Crippen LogP contribution < -0.4 is 0 Å². The van der Waals surface area contributed by atoms with Gasteiger partial charge < -0.3 is 9.63 Å². The van der Waals surface area contributed by atoms with Crippen molar-refractivity contribution in [2.75, 3.05) is 0 Å². The van der Waals surface area contributed by atoms with E-state index in [0.717, 1.165) is 24.1 Å². The van der Waals surface area contributed by atoms with Gasteiger partial charge in [-0.1, -0.05) is 24.1 Å². The van der Waals surface area contributed by atoms with Crippen molar-refractivity contribution in [3.05, 3.63) is 23.4 Å². The van der Waals surface area contributed by atoms with Crippen LogP contribution in [0.1, 0.15) is 38.0 Å². The second-order valence-electron chi connectivity index (χ2n) is 6.36. The predicted molar refractivity (Wildman–Crippen MR) is 84.9 cm³/mol. The lowest BCUT2D eigenvalue weighted by atomic mass is 9.85. The standard InChI is InChI=1S/C16H19N3O3S/c20-16(21)12-8-10-4-1-2-5-11(10)19(12)9-14-17-15(18-22-14)13-6-3-7-23-13/h3,6-7,10-12H,1-2,4-5,8-9H2,(H,20,21)/t10-,11-,12-/m0/s1. The summed E-state index contributed by atoms with van der Waals surface area (Å²) in [4.78, 5) is 19.1. The van der Waals surface area contributed by atoms with Crippen LogP contribution in [-0.4, -0.2) is 38.2 Å². The van der Waals surface area contributed by atoms with E-state index in [1.807, 2.05) is 17.5 Å². The molecule has 2 fully saturated rings. The number of aliphatic carboxylic acids is 1. The van der Waals surface area contributed by atoms with Crippen molar-refractivity contribution in [1.82, 2.24) is 15.0 Å². The maximum atomic E-state index is 11.6. The third-order valence-electron chi connectivity index (χ3n) is 5.03. The van der Waals surface area contributed by atoms with Gasteiger partial charge in [-0.15, -0.1) is 11.3 Å². The van der Waals surface area contributed by atoms with Crippen molar-refractivity contribution < 1.29 is 14.4 Å². The first-order chi connectivity index (χ1) is 11.2. The molecule has 122 valence electrons. The summed E-state index contributed by atoms with van der Waals surface area (Å²) >= 11 is 1.56. The Bertz CT molecular complexity index is 685. The summed E-state index contributed by atoms with van der Waals surface area (Å²) in [6.45, 7) is 0.427. The van der Waals surface area contributed by atoms with Gasteiger partial charge in [0.1, 0.15) is 6.04 Å². The smallest absolute Gasteiger partial charge is 0.320 e. The fraction of sp³-hybridized carbons (Fsp3) is 0.562. The average molecular weight is 333 g/mol. The van der Waals surface area contributed by atoms with E-state index < -0.39 is 12.0 Å². The summed E-state index contributed by atoms with van der Waals surface area (Å²) in [7, 11) is 0. The molecule has 1 aliphatic carbocycles. The van der Waals surface area contributed by atoms with Crippen LogP contribution in [0.15, 0.2) is 22.0 Å². The zero-order valence-corrected chi connectivity index (χ0v) is 13.5. The Kier molecular flexibility index (Phi) is 3.90. The minimum absolute atomic E-state index is 0.335. The molecule has 0 unspecified atom stereocenters.